The molecule has 0 amide bonds. The summed E-state index contributed by atoms with van der Waals surface area (Å²) in [5.74, 6) is 0. The van der Waals surface area contributed by atoms with Crippen molar-refractivity contribution >= 4 is 23.1 Å². The summed E-state index contributed by atoms with van der Waals surface area (Å²) in [6.45, 7) is 0. The van der Waals surface area contributed by atoms with Crippen molar-refractivity contribution in [3.63, 3.8) is 0 Å². The summed E-state index contributed by atoms with van der Waals surface area (Å²) in [5.41, 5.74) is 0. The van der Waals surface area contributed by atoms with Crippen LogP contribution in [0.5, 0.6) is 0 Å². The van der Waals surface area contributed by atoms with Gasteiger partial charge in [-0.3, -0.25) is 0 Å². The molecule has 0 saturated carbocycles. The molecule has 0 aromatic carbocycles. The van der Waals surface area contributed by atoms with E-state index < -0.39 is 0 Å². The zero-order valence-electron chi connectivity index (χ0n) is 3.75. The van der Waals surface area contributed by atoms with E-state index in [1.54, 1.807) is 0 Å². The van der Waals surface area contributed by atoms with Crippen LogP contribution in [-0.4, -0.2) is 23.1 Å². The van der Waals surface area contributed by atoms with Crippen LogP contribution >= 0.6 is 0 Å². The monoisotopic (exact) mass is 242 g/mol. The van der Waals surface area contributed by atoms with E-state index in [1.807, 2.05) is 0 Å². The Balaban J connectivity index is 0. The Morgan fingerprint density at radius 2 is 0.500 bits per heavy atom. The fourth-order valence-corrected chi connectivity index (χ4v) is 0. The SMILES string of the molecule is [Mg+2].[O-2].[O-2].[O-2].[O-2].[O-2].[Ti+4].[Zr+4]. The van der Waals surface area contributed by atoms with Crippen LogP contribution in [0.3, 0.4) is 0 Å². The quantitative estimate of drug-likeness (QED) is 0.482. The average Bonchev–Trinajstić information content (AvgIpc) is 0. The first-order valence-corrected chi connectivity index (χ1v) is 0. The molecule has 0 fully saturated rings. The molecule has 0 aromatic rings. The van der Waals surface area contributed by atoms with Gasteiger partial charge in [0.1, 0.15) is 0 Å². The average molecular weight is 243 g/mol. The minimum absolute atomic E-state index is 0. The molecule has 0 N–H and O–H groups in total. The first kappa shape index (κ1) is 182. The van der Waals surface area contributed by atoms with E-state index >= 15 is 0 Å². The van der Waals surface area contributed by atoms with Gasteiger partial charge in [-0.2, -0.15) is 0 Å². The van der Waals surface area contributed by atoms with Gasteiger partial charge in [-0.05, 0) is 0 Å². The fourth-order valence-electron chi connectivity index (χ4n) is 0. The van der Waals surface area contributed by atoms with Gasteiger partial charge >= 0.3 is 71.0 Å². The van der Waals surface area contributed by atoms with Crippen molar-refractivity contribution in [1.82, 2.24) is 0 Å². The van der Waals surface area contributed by atoms with Crippen molar-refractivity contribution < 1.29 is 75.3 Å². The molecular weight excluding hydrogens is 243 g/mol. The summed E-state index contributed by atoms with van der Waals surface area (Å²) < 4.78 is 0. The molecule has 0 saturated heterocycles. The van der Waals surface area contributed by atoms with Gasteiger partial charge in [-0.25, -0.2) is 0 Å². The zero-order valence-corrected chi connectivity index (χ0v) is 9.18. The summed E-state index contributed by atoms with van der Waals surface area (Å²) in [7, 11) is 0. The molecule has 0 atom stereocenters. The van der Waals surface area contributed by atoms with Gasteiger partial charge in [0.05, 0.1) is 0 Å². The van der Waals surface area contributed by atoms with E-state index in [1.165, 1.54) is 0 Å². The predicted octanol–water partition coefficient (Wildman–Crippen LogP) is -0.980. The third-order valence-corrected chi connectivity index (χ3v) is 0. The van der Waals surface area contributed by atoms with E-state index in [-0.39, 0.29) is 98.4 Å². The summed E-state index contributed by atoms with van der Waals surface area (Å²) in [6, 6.07) is 0. The third kappa shape index (κ3) is 89.5. The molecular formula is MgO5TiZr. The van der Waals surface area contributed by atoms with Crippen LogP contribution in [0, 0.1) is 0 Å². The second-order valence-electron chi connectivity index (χ2n) is 0. The molecule has 0 aromatic heterocycles. The van der Waals surface area contributed by atoms with Gasteiger partial charge in [-0.15, -0.1) is 0 Å². The normalized spacial score (nSPS) is 0. The van der Waals surface area contributed by atoms with Gasteiger partial charge in [0.2, 0.25) is 0 Å². The second-order valence-corrected chi connectivity index (χ2v) is 0. The molecule has 0 spiro atoms. The molecule has 8 heavy (non-hydrogen) atoms. The molecule has 0 heterocycles. The van der Waals surface area contributed by atoms with Gasteiger partial charge in [-0.1, -0.05) is 0 Å². The Kier molecular flexibility index (Phi) is 2970. The molecule has 0 aliphatic heterocycles. The Bertz CT molecular complexity index is 12.4. The van der Waals surface area contributed by atoms with Crippen molar-refractivity contribution in [3.05, 3.63) is 0 Å². The van der Waals surface area contributed by atoms with Gasteiger partial charge < -0.3 is 27.4 Å². The standard InChI is InChI=1S/Mg.5O.Ti.Zr/q+2;5*-2;2*+4. The zero-order chi connectivity index (χ0) is 0. The summed E-state index contributed by atoms with van der Waals surface area (Å²) in [4.78, 5) is 0. The summed E-state index contributed by atoms with van der Waals surface area (Å²) in [5, 5.41) is 0. The Hall–Kier alpha value is 2.16. The number of rotatable bonds is 0. The molecule has 0 aliphatic rings. The third-order valence-electron chi connectivity index (χ3n) is 0. The van der Waals surface area contributed by atoms with Crippen LogP contribution in [0.2, 0.25) is 0 Å². The molecule has 0 unspecified atom stereocenters. The van der Waals surface area contributed by atoms with Gasteiger partial charge in [0.15, 0.2) is 0 Å². The molecule has 0 radical (unpaired) electrons. The largest absolute Gasteiger partial charge is 4.00 e. The maximum Gasteiger partial charge on any atom is 4.00 e. The number of hydrogen-bond acceptors (Lipinski definition) is 0. The Morgan fingerprint density at radius 1 is 0.500 bits per heavy atom. The van der Waals surface area contributed by atoms with E-state index in [0.29, 0.717) is 0 Å². The summed E-state index contributed by atoms with van der Waals surface area (Å²) in [6.07, 6.45) is 0. The maximum atomic E-state index is 0. The molecule has 0 aliphatic carbocycles. The molecule has 5 nitrogen and oxygen atoms in total. The van der Waals surface area contributed by atoms with Gasteiger partial charge in [0.25, 0.3) is 0 Å². The fraction of sp³-hybridized carbons (Fsp3) is 0. The molecule has 0 rings (SSSR count). The van der Waals surface area contributed by atoms with E-state index in [0.717, 1.165) is 0 Å². The van der Waals surface area contributed by atoms with E-state index in [2.05, 4.69) is 0 Å². The van der Waals surface area contributed by atoms with Crippen molar-refractivity contribution in [3.8, 4) is 0 Å². The first-order valence-electron chi connectivity index (χ1n) is 0. The van der Waals surface area contributed by atoms with Crippen LogP contribution in [-0.2, 0) is 75.3 Å². The van der Waals surface area contributed by atoms with E-state index in [9.17, 15) is 0 Å². The van der Waals surface area contributed by atoms with Crippen molar-refractivity contribution in [2.75, 3.05) is 0 Å². The smallest absolute Gasteiger partial charge is 2.00 e. The van der Waals surface area contributed by atoms with Crippen molar-refractivity contribution in [1.29, 1.82) is 0 Å². The topological polar surface area (TPSA) is 142 Å². The van der Waals surface area contributed by atoms with Crippen LogP contribution in [0.15, 0.2) is 0 Å². The Morgan fingerprint density at radius 3 is 0.500 bits per heavy atom. The number of hydrogen-bond donors (Lipinski definition) is 0. The van der Waals surface area contributed by atoms with Crippen LogP contribution in [0.4, 0.5) is 0 Å². The maximum absolute atomic E-state index is 0. The summed E-state index contributed by atoms with van der Waals surface area (Å²) >= 11 is 0. The van der Waals surface area contributed by atoms with Crippen molar-refractivity contribution in [2.45, 2.75) is 0 Å². The first-order chi connectivity index (χ1) is 0. The molecule has 40 valence electrons. The second kappa shape index (κ2) is 130. The minimum Gasteiger partial charge on any atom is -2.00 e. The Labute approximate surface area is 97.3 Å². The molecule has 0 bridgehead atoms. The van der Waals surface area contributed by atoms with Crippen LogP contribution < -0.4 is 0 Å². The minimum atomic E-state index is 0. The molecule has 8 heteroatoms. The van der Waals surface area contributed by atoms with Crippen molar-refractivity contribution in [2.24, 2.45) is 0 Å². The van der Waals surface area contributed by atoms with Crippen LogP contribution in [0.25, 0.3) is 0 Å². The van der Waals surface area contributed by atoms with Gasteiger partial charge in [0, 0.05) is 0 Å². The van der Waals surface area contributed by atoms with Crippen LogP contribution in [0.1, 0.15) is 0 Å². The van der Waals surface area contributed by atoms with E-state index in [4.69, 9.17) is 0 Å². The predicted molar refractivity (Wildman–Crippen MR) is 9.19 cm³/mol.